The van der Waals surface area contributed by atoms with Crippen molar-refractivity contribution < 1.29 is 0 Å². The average molecular weight is 633 g/mol. The number of rotatable bonds is 8. The van der Waals surface area contributed by atoms with Crippen LogP contribution in [0.4, 0.5) is 0 Å². The molecule has 7 rings (SSSR count). The number of amidine groups is 1. The van der Waals surface area contributed by atoms with E-state index in [2.05, 4.69) is 82.3 Å². The van der Waals surface area contributed by atoms with Crippen molar-refractivity contribution in [2.75, 3.05) is 0 Å². The Bertz CT molecular complexity index is 2200. The van der Waals surface area contributed by atoms with E-state index in [1.165, 1.54) is 0 Å². The van der Waals surface area contributed by atoms with E-state index in [1.807, 2.05) is 98.1 Å². The van der Waals surface area contributed by atoms with Crippen molar-refractivity contribution in [2.45, 2.75) is 6.92 Å². The molecule has 0 spiro atoms. The number of nitrogens with zero attached hydrogens (tertiary/aromatic N) is 6. The van der Waals surface area contributed by atoms with Crippen molar-refractivity contribution in [1.82, 2.24) is 19.9 Å². The molecule has 6 heteroatoms. The second kappa shape index (κ2) is 14.4. The van der Waals surface area contributed by atoms with Gasteiger partial charge >= 0.3 is 0 Å². The molecular formula is C43H32N6. The molecule has 0 unspecified atom stereocenters. The van der Waals surface area contributed by atoms with Crippen molar-refractivity contribution in [3.8, 4) is 67.5 Å². The zero-order chi connectivity index (χ0) is 33.4. The van der Waals surface area contributed by atoms with E-state index in [9.17, 15) is 0 Å². The van der Waals surface area contributed by atoms with Crippen molar-refractivity contribution in [3.05, 3.63) is 170 Å². The van der Waals surface area contributed by atoms with Gasteiger partial charge in [-0.3, -0.25) is 4.98 Å². The standard InChI is InChI=1S/C43H32N6/c1-3-24-46-40(44-2)35-22-20-32(21-23-35)38-26-37(31-18-16-30(17-19-31)36-15-10-25-45-29-36)27-39(28-38)43-48-41(33-11-6-4-7-12-33)47-42(49-43)34-13-8-5-9-14-34/h3-29H,2H2,1H3/b24-3-,46-40?. The van der Waals surface area contributed by atoms with Crippen LogP contribution >= 0.6 is 0 Å². The van der Waals surface area contributed by atoms with Crippen LogP contribution < -0.4 is 0 Å². The Morgan fingerprint density at radius 3 is 1.47 bits per heavy atom. The summed E-state index contributed by atoms with van der Waals surface area (Å²) >= 11 is 0. The quantitative estimate of drug-likeness (QED) is 0.123. The number of allylic oxidation sites excluding steroid dienone is 1. The predicted octanol–water partition coefficient (Wildman–Crippen LogP) is 10.2. The van der Waals surface area contributed by atoms with Crippen molar-refractivity contribution >= 4 is 12.6 Å². The molecule has 234 valence electrons. The topological polar surface area (TPSA) is 76.3 Å². The molecule has 49 heavy (non-hydrogen) atoms. The third kappa shape index (κ3) is 7.04. The SMILES string of the molecule is C=NC(=N/C=C\C)c1ccc(-c2cc(-c3ccc(-c4cccnc4)cc3)cc(-c3nc(-c4ccccc4)nc(-c4ccccc4)n3)c2)cc1. The van der Waals surface area contributed by atoms with E-state index in [0.29, 0.717) is 23.3 Å². The summed E-state index contributed by atoms with van der Waals surface area (Å²) in [6.45, 7) is 5.63. The molecule has 0 aliphatic heterocycles. The Balaban J connectivity index is 1.38. The summed E-state index contributed by atoms with van der Waals surface area (Å²) in [5.74, 6) is 2.40. The molecule has 0 saturated heterocycles. The van der Waals surface area contributed by atoms with Gasteiger partial charge in [-0.05, 0) is 71.3 Å². The molecule has 0 saturated carbocycles. The number of benzene rings is 5. The van der Waals surface area contributed by atoms with Gasteiger partial charge in [-0.1, -0.05) is 121 Å². The maximum absolute atomic E-state index is 5.03. The Hall–Kier alpha value is -6.66. The monoisotopic (exact) mass is 632 g/mol. The van der Waals surface area contributed by atoms with Crippen LogP contribution in [0.1, 0.15) is 12.5 Å². The lowest BCUT2D eigenvalue weighted by atomic mass is 9.94. The van der Waals surface area contributed by atoms with Crippen molar-refractivity contribution in [1.29, 1.82) is 0 Å². The van der Waals surface area contributed by atoms with E-state index < -0.39 is 0 Å². The molecule has 0 aliphatic rings. The molecule has 0 aliphatic carbocycles. The maximum Gasteiger partial charge on any atom is 0.164 e. The lowest BCUT2D eigenvalue weighted by Crippen LogP contribution is -2.00. The summed E-state index contributed by atoms with van der Waals surface area (Å²) in [6.07, 6.45) is 7.25. The normalized spacial score (nSPS) is 11.5. The third-order valence-electron chi connectivity index (χ3n) is 8.08. The van der Waals surface area contributed by atoms with Gasteiger partial charge < -0.3 is 0 Å². The van der Waals surface area contributed by atoms with Crippen LogP contribution in [-0.4, -0.2) is 32.5 Å². The number of aliphatic imine (C=N–C) groups is 2. The van der Waals surface area contributed by atoms with Crippen LogP contribution in [0.5, 0.6) is 0 Å². The van der Waals surface area contributed by atoms with Gasteiger partial charge in [0.15, 0.2) is 23.3 Å². The van der Waals surface area contributed by atoms with E-state index in [4.69, 9.17) is 15.0 Å². The third-order valence-corrected chi connectivity index (χ3v) is 8.08. The molecule has 0 fully saturated rings. The van der Waals surface area contributed by atoms with Gasteiger partial charge in [-0.25, -0.2) is 24.9 Å². The van der Waals surface area contributed by atoms with Gasteiger partial charge in [0.25, 0.3) is 0 Å². The maximum atomic E-state index is 5.03. The molecule has 6 nitrogen and oxygen atoms in total. The molecule has 5 aromatic carbocycles. The van der Waals surface area contributed by atoms with Crippen LogP contribution in [0.15, 0.2) is 174 Å². The minimum absolute atomic E-state index is 0.569. The van der Waals surface area contributed by atoms with E-state index in [-0.39, 0.29) is 0 Å². The van der Waals surface area contributed by atoms with Gasteiger partial charge in [0.05, 0.1) is 0 Å². The Labute approximate surface area is 286 Å². The van der Waals surface area contributed by atoms with E-state index in [1.54, 1.807) is 12.4 Å². The summed E-state index contributed by atoms with van der Waals surface area (Å²) in [5.41, 5.74) is 9.97. The minimum atomic E-state index is 0.569. The lowest BCUT2D eigenvalue weighted by Gasteiger charge is -2.13. The highest BCUT2D eigenvalue weighted by Crippen LogP contribution is 2.34. The van der Waals surface area contributed by atoms with Gasteiger partial charge in [-0.2, -0.15) is 0 Å². The molecule has 2 heterocycles. The molecule has 0 radical (unpaired) electrons. The van der Waals surface area contributed by atoms with Gasteiger partial charge in [0.1, 0.15) is 0 Å². The van der Waals surface area contributed by atoms with Gasteiger partial charge in [0, 0.05) is 40.8 Å². The molecule has 2 aromatic heterocycles. The van der Waals surface area contributed by atoms with E-state index >= 15 is 0 Å². The summed E-state index contributed by atoms with van der Waals surface area (Å²) < 4.78 is 0. The smallest absolute Gasteiger partial charge is 0.164 e. The second-order valence-electron chi connectivity index (χ2n) is 11.3. The Kier molecular flexibility index (Phi) is 9.10. The van der Waals surface area contributed by atoms with E-state index in [0.717, 1.165) is 55.6 Å². The largest absolute Gasteiger partial charge is 0.264 e. The van der Waals surface area contributed by atoms with Crippen LogP contribution in [0.3, 0.4) is 0 Å². The Morgan fingerprint density at radius 2 is 0.980 bits per heavy atom. The predicted molar refractivity (Wildman–Crippen MR) is 201 cm³/mol. The fourth-order valence-corrected chi connectivity index (χ4v) is 5.58. The lowest BCUT2D eigenvalue weighted by molar-refractivity contribution is 1.07. The first-order valence-electron chi connectivity index (χ1n) is 16.0. The highest BCUT2D eigenvalue weighted by Gasteiger charge is 2.15. The zero-order valence-corrected chi connectivity index (χ0v) is 27.0. The minimum Gasteiger partial charge on any atom is -0.264 e. The molecule has 0 amide bonds. The first kappa shape index (κ1) is 31.0. The first-order chi connectivity index (χ1) is 24.2. The fraction of sp³-hybridized carbons (Fsp3) is 0.0233. The molecule has 7 aromatic rings. The number of hydrogen-bond donors (Lipinski definition) is 0. The second-order valence-corrected chi connectivity index (χ2v) is 11.3. The average Bonchev–Trinajstić information content (AvgIpc) is 3.19. The molecule has 0 N–H and O–H groups in total. The number of pyridine rings is 1. The highest BCUT2D eigenvalue weighted by molar-refractivity contribution is 6.02. The van der Waals surface area contributed by atoms with Gasteiger partial charge in [0.2, 0.25) is 0 Å². The van der Waals surface area contributed by atoms with Crippen molar-refractivity contribution in [2.24, 2.45) is 9.98 Å². The fourth-order valence-electron chi connectivity index (χ4n) is 5.58. The van der Waals surface area contributed by atoms with Crippen LogP contribution in [0, 0.1) is 0 Å². The van der Waals surface area contributed by atoms with Crippen molar-refractivity contribution in [3.63, 3.8) is 0 Å². The molecular weight excluding hydrogens is 601 g/mol. The number of hydrogen-bond acceptors (Lipinski definition) is 5. The summed E-state index contributed by atoms with van der Waals surface area (Å²) in [7, 11) is 0. The van der Waals surface area contributed by atoms with Crippen LogP contribution in [0.2, 0.25) is 0 Å². The number of aromatic nitrogens is 4. The first-order valence-corrected chi connectivity index (χ1v) is 16.0. The van der Waals surface area contributed by atoms with Crippen LogP contribution in [0.25, 0.3) is 67.5 Å². The highest BCUT2D eigenvalue weighted by atomic mass is 15.0. The summed E-state index contributed by atoms with van der Waals surface area (Å²) in [4.78, 5) is 27.8. The Morgan fingerprint density at radius 1 is 0.510 bits per heavy atom. The molecule has 0 bridgehead atoms. The molecule has 0 atom stereocenters. The van der Waals surface area contributed by atoms with Crippen LogP contribution in [-0.2, 0) is 0 Å². The van der Waals surface area contributed by atoms with Gasteiger partial charge in [-0.15, -0.1) is 0 Å². The summed E-state index contributed by atoms with van der Waals surface area (Å²) in [6, 6.07) is 47.3. The summed E-state index contributed by atoms with van der Waals surface area (Å²) in [5, 5.41) is 0. The zero-order valence-electron chi connectivity index (χ0n) is 27.0.